The SMILES string of the molecule is CC1(C)CN(CCNCCS(C)(=O)=O)CCS1. The summed E-state index contributed by atoms with van der Waals surface area (Å²) in [6, 6.07) is 0. The Kier molecular flexibility index (Phi) is 5.76. The number of sulfone groups is 1. The Balaban J connectivity index is 2.11. The Labute approximate surface area is 109 Å². The van der Waals surface area contributed by atoms with Gasteiger partial charge in [-0.05, 0) is 13.8 Å². The summed E-state index contributed by atoms with van der Waals surface area (Å²) in [6.07, 6.45) is 1.28. The molecule has 1 rings (SSSR count). The van der Waals surface area contributed by atoms with Crippen molar-refractivity contribution in [2.75, 3.05) is 50.5 Å². The third-order valence-electron chi connectivity index (χ3n) is 2.76. The quantitative estimate of drug-likeness (QED) is 0.716. The lowest BCUT2D eigenvalue weighted by Gasteiger charge is -2.37. The molecule has 4 nitrogen and oxygen atoms in total. The molecule has 0 atom stereocenters. The summed E-state index contributed by atoms with van der Waals surface area (Å²) in [5.41, 5.74) is 0. The van der Waals surface area contributed by atoms with Crippen LogP contribution >= 0.6 is 11.8 Å². The van der Waals surface area contributed by atoms with E-state index in [2.05, 4.69) is 24.1 Å². The highest BCUT2D eigenvalue weighted by Gasteiger charge is 2.26. The van der Waals surface area contributed by atoms with E-state index in [4.69, 9.17) is 0 Å². The summed E-state index contributed by atoms with van der Waals surface area (Å²) >= 11 is 2.03. The monoisotopic (exact) mass is 280 g/mol. The lowest BCUT2D eigenvalue weighted by Crippen LogP contribution is -2.45. The minimum atomic E-state index is -2.83. The Morgan fingerprint density at radius 3 is 2.65 bits per heavy atom. The second-order valence-corrected chi connectivity index (χ2v) is 9.33. The molecule has 0 aromatic heterocycles. The van der Waals surface area contributed by atoms with Gasteiger partial charge in [-0.2, -0.15) is 11.8 Å². The van der Waals surface area contributed by atoms with Gasteiger partial charge < -0.3 is 5.32 Å². The molecule has 0 unspecified atom stereocenters. The van der Waals surface area contributed by atoms with E-state index in [0.717, 1.165) is 26.2 Å². The number of rotatable bonds is 6. The van der Waals surface area contributed by atoms with E-state index in [0.29, 0.717) is 11.3 Å². The Bertz CT molecular complexity index is 328. The van der Waals surface area contributed by atoms with Crippen LogP contribution in [0.15, 0.2) is 0 Å². The van der Waals surface area contributed by atoms with Crippen molar-refractivity contribution in [1.29, 1.82) is 0 Å². The van der Waals surface area contributed by atoms with Crippen molar-refractivity contribution in [3.63, 3.8) is 0 Å². The maximum atomic E-state index is 10.9. The van der Waals surface area contributed by atoms with E-state index >= 15 is 0 Å². The highest BCUT2D eigenvalue weighted by Crippen LogP contribution is 2.28. The number of nitrogens with one attached hydrogen (secondary N) is 1. The summed E-state index contributed by atoms with van der Waals surface area (Å²) in [5, 5.41) is 3.19. The average Bonchev–Trinajstić information content (AvgIpc) is 2.13. The predicted octanol–water partition coefficient (Wildman–Crippen LogP) is 0.448. The van der Waals surface area contributed by atoms with Crippen LogP contribution in [0.2, 0.25) is 0 Å². The standard InChI is InChI=1S/C11H24N2O2S2/c1-11(2)10-13(7-8-16-11)6-4-12-5-9-17(3,14)15/h12H,4-10H2,1-3H3. The third-order valence-corrected chi connectivity index (χ3v) is 5.00. The van der Waals surface area contributed by atoms with Crippen LogP contribution < -0.4 is 5.32 Å². The molecule has 6 heteroatoms. The maximum absolute atomic E-state index is 10.9. The van der Waals surface area contributed by atoms with Crippen LogP contribution in [-0.4, -0.2) is 68.5 Å². The zero-order valence-corrected chi connectivity index (χ0v) is 12.7. The first kappa shape index (κ1) is 15.3. The normalized spacial score (nSPS) is 21.6. The number of nitrogens with zero attached hydrogens (tertiary/aromatic N) is 1. The fourth-order valence-electron chi connectivity index (χ4n) is 1.92. The molecule has 0 amide bonds. The van der Waals surface area contributed by atoms with Crippen molar-refractivity contribution < 1.29 is 8.42 Å². The van der Waals surface area contributed by atoms with Gasteiger partial charge in [-0.3, -0.25) is 4.90 Å². The van der Waals surface area contributed by atoms with Crippen LogP contribution in [0.5, 0.6) is 0 Å². The smallest absolute Gasteiger partial charge is 0.148 e. The van der Waals surface area contributed by atoms with E-state index in [1.54, 1.807) is 0 Å². The molecule has 0 spiro atoms. The molecule has 1 aliphatic rings. The number of hydrogen-bond acceptors (Lipinski definition) is 5. The van der Waals surface area contributed by atoms with Gasteiger partial charge >= 0.3 is 0 Å². The second-order valence-electron chi connectivity index (χ2n) is 5.26. The molecule has 1 fully saturated rings. The molecule has 0 aromatic carbocycles. The van der Waals surface area contributed by atoms with Crippen molar-refractivity contribution >= 4 is 21.6 Å². The van der Waals surface area contributed by atoms with E-state index in [1.807, 2.05) is 11.8 Å². The van der Waals surface area contributed by atoms with Gasteiger partial charge in [0, 0.05) is 49.5 Å². The molecule has 0 bridgehead atoms. The van der Waals surface area contributed by atoms with Gasteiger partial charge in [-0.25, -0.2) is 8.42 Å². The molecule has 0 aromatic rings. The molecule has 0 radical (unpaired) electrons. The van der Waals surface area contributed by atoms with E-state index in [1.165, 1.54) is 12.0 Å². The largest absolute Gasteiger partial charge is 0.314 e. The fraction of sp³-hybridized carbons (Fsp3) is 1.00. The van der Waals surface area contributed by atoms with Crippen LogP contribution in [0.25, 0.3) is 0 Å². The first-order valence-electron chi connectivity index (χ1n) is 6.03. The van der Waals surface area contributed by atoms with E-state index < -0.39 is 9.84 Å². The van der Waals surface area contributed by atoms with Gasteiger partial charge in [-0.15, -0.1) is 0 Å². The van der Waals surface area contributed by atoms with Gasteiger partial charge in [0.15, 0.2) is 0 Å². The highest BCUT2D eigenvalue weighted by atomic mass is 32.2. The van der Waals surface area contributed by atoms with Crippen molar-refractivity contribution in [3.8, 4) is 0 Å². The van der Waals surface area contributed by atoms with E-state index in [9.17, 15) is 8.42 Å². The van der Waals surface area contributed by atoms with E-state index in [-0.39, 0.29) is 5.75 Å². The molecule has 1 aliphatic heterocycles. The molecular formula is C11H24N2O2S2. The minimum absolute atomic E-state index is 0.231. The Morgan fingerprint density at radius 2 is 2.06 bits per heavy atom. The minimum Gasteiger partial charge on any atom is -0.314 e. The Hall–Kier alpha value is 0.220. The molecule has 102 valence electrons. The summed E-state index contributed by atoms with van der Waals surface area (Å²) in [7, 11) is -2.83. The van der Waals surface area contributed by atoms with Gasteiger partial charge in [0.05, 0.1) is 5.75 Å². The van der Waals surface area contributed by atoms with Crippen LogP contribution in [0.3, 0.4) is 0 Å². The summed E-state index contributed by atoms with van der Waals surface area (Å²) in [6.45, 7) is 9.25. The zero-order chi connectivity index (χ0) is 12.9. The van der Waals surface area contributed by atoms with Gasteiger partial charge in [-0.1, -0.05) is 0 Å². The van der Waals surface area contributed by atoms with Crippen molar-refractivity contribution in [2.45, 2.75) is 18.6 Å². The molecular weight excluding hydrogens is 256 g/mol. The summed E-state index contributed by atoms with van der Waals surface area (Å²) in [4.78, 5) is 2.45. The molecule has 1 heterocycles. The van der Waals surface area contributed by atoms with Gasteiger partial charge in [0.2, 0.25) is 0 Å². The molecule has 0 saturated carbocycles. The molecule has 0 aliphatic carbocycles. The van der Waals surface area contributed by atoms with Crippen LogP contribution in [0.4, 0.5) is 0 Å². The second kappa shape index (κ2) is 6.41. The maximum Gasteiger partial charge on any atom is 0.148 e. The first-order chi connectivity index (χ1) is 7.79. The third kappa shape index (κ3) is 7.28. The zero-order valence-electron chi connectivity index (χ0n) is 11.0. The molecule has 1 N–H and O–H groups in total. The van der Waals surface area contributed by atoms with Crippen LogP contribution in [0.1, 0.15) is 13.8 Å². The lowest BCUT2D eigenvalue weighted by atomic mass is 10.2. The topological polar surface area (TPSA) is 49.4 Å². The van der Waals surface area contributed by atoms with Crippen LogP contribution in [0, 0.1) is 0 Å². The Morgan fingerprint density at radius 1 is 1.35 bits per heavy atom. The van der Waals surface area contributed by atoms with Crippen molar-refractivity contribution in [3.05, 3.63) is 0 Å². The van der Waals surface area contributed by atoms with Gasteiger partial charge in [0.1, 0.15) is 9.84 Å². The first-order valence-corrected chi connectivity index (χ1v) is 9.08. The summed E-state index contributed by atoms with van der Waals surface area (Å²) < 4.78 is 22.2. The number of thioether (sulfide) groups is 1. The predicted molar refractivity (Wildman–Crippen MR) is 75.6 cm³/mol. The van der Waals surface area contributed by atoms with Crippen LogP contribution in [-0.2, 0) is 9.84 Å². The van der Waals surface area contributed by atoms with Crippen molar-refractivity contribution in [2.24, 2.45) is 0 Å². The lowest BCUT2D eigenvalue weighted by molar-refractivity contribution is 0.261. The molecule has 1 saturated heterocycles. The summed E-state index contributed by atoms with van der Waals surface area (Å²) in [5.74, 6) is 1.42. The fourth-order valence-corrected chi connectivity index (χ4v) is 3.62. The van der Waals surface area contributed by atoms with Crippen molar-refractivity contribution in [1.82, 2.24) is 10.2 Å². The molecule has 17 heavy (non-hydrogen) atoms. The highest BCUT2D eigenvalue weighted by molar-refractivity contribution is 8.00. The van der Waals surface area contributed by atoms with Gasteiger partial charge in [0.25, 0.3) is 0 Å². The number of hydrogen-bond donors (Lipinski definition) is 1. The average molecular weight is 280 g/mol.